The molecule has 0 aliphatic heterocycles. The second-order valence-electron chi connectivity index (χ2n) is 54.0. The Morgan fingerprint density at radius 1 is 0.0737 bits per heavy atom. The molecule has 0 heterocycles. The van der Waals surface area contributed by atoms with Gasteiger partial charge in [-0.15, -0.1) is 0 Å². The molecule has 0 unspecified atom stereocenters. The molecule has 0 aromatic heterocycles. The van der Waals surface area contributed by atoms with Crippen LogP contribution in [0.15, 0.2) is 0 Å². The van der Waals surface area contributed by atoms with E-state index in [-0.39, 0.29) is 0 Å². The summed E-state index contributed by atoms with van der Waals surface area (Å²) >= 11 is 0. The lowest BCUT2D eigenvalue weighted by molar-refractivity contribution is 1.71. The van der Waals surface area contributed by atoms with Gasteiger partial charge in [0.2, 0.25) is 0 Å². The van der Waals surface area contributed by atoms with E-state index in [0.717, 1.165) is 0 Å². The summed E-state index contributed by atoms with van der Waals surface area (Å²) in [7, 11) is -46.6. The van der Waals surface area contributed by atoms with Crippen LogP contribution >= 0.6 is 0 Å². The molecule has 0 aliphatic carbocycles. The van der Waals surface area contributed by atoms with Gasteiger partial charge in [-0.1, -0.05) is 419 Å². The van der Waals surface area contributed by atoms with E-state index in [0.29, 0.717) is 0 Å². The molecule has 0 aromatic rings. The first-order valence-corrected chi connectivity index (χ1v) is 164. The predicted octanol–water partition coefficient (Wildman–Crippen LogP) is 25.6. The molecule has 0 bridgehead atoms. The molecule has 0 atom stereocenters. The Labute approximate surface area is 632 Å². The summed E-state index contributed by atoms with van der Waals surface area (Å²) in [5, 5.41) is 0. The normalized spacial score (nSPS) is 17.7. The van der Waals surface area contributed by atoms with Crippen LogP contribution in [0, 0.1) is 0 Å². The van der Waals surface area contributed by atoms with E-state index in [9.17, 15) is 0 Å². The van der Waals surface area contributed by atoms with Crippen molar-refractivity contribution in [3.8, 4) is 0 Å². The van der Waals surface area contributed by atoms with Gasteiger partial charge in [-0.2, -0.15) is 0 Å². The highest BCUT2D eigenvalue weighted by Crippen LogP contribution is 2.65. The van der Waals surface area contributed by atoms with Crippen molar-refractivity contribution < 1.29 is 0 Å². The van der Waals surface area contributed by atoms with Crippen LogP contribution in [0.4, 0.5) is 0 Å². The second kappa shape index (κ2) is 27.0. The predicted molar refractivity (Wildman–Crippen MR) is 554 cm³/mol. The summed E-state index contributed by atoms with van der Waals surface area (Å²) in [6.07, 6.45) is -12.4. The summed E-state index contributed by atoms with van der Waals surface area (Å²) in [6.45, 7) is 209. The van der Waals surface area contributed by atoms with Gasteiger partial charge < -0.3 is 0 Å². The van der Waals surface area contributed by atoms with Crippen molar-refractivity contribution in [1.29, 1.82) is 0 Å². The van der Waals surface area contributed by atoms with Crippen molar-refractivity contribution in [2.75, 3.05) is 0 Å². The lowest BCUT2D eigenvalue weighted by Crippen LogP contribution is -3.16. The Morgan fingerprint density at radius 3 is 0.200 bits per heavy atom. The molecular weight excluding hydrogens is 1640 g/mol. The minimum atomic E-state index is -2.52. The van der Waals surface area contributed by atoms with Gasteiger partial charge in [-0.05, 0) is 0 Å². The average Bonchev–Trinajstić information content (AvgIpc) is 0.627. The van der Waals surface area contributed by atoms with Crippen LogP contribution in [0.25, 0.3) is 0 Å². The number of hydrogen-bond acceptors (Lipinski definition) is 0. The minimum absolute atomic E-state index is 1.67. The van der Waals surface area contributed by atoms with Crippen LogP contribution in [-0.4, -0.2) is 221 Å². The highest BCUT2D eigenvalue weighted by atomic mass is 30.5. The Bertz CT molecular complexity index is 2260. The molecule has 0 saturated heterocycles. The molecule has 0 spiro atoms. The lowest BCUT2D eigenvalue weighted by atomic mass is 11.8. The van der Waals surface area contributed by atoms with Crippen molar-refractivity contribution in [2.45, 2.75) is 419 Å². The van der Waals surface area contributed by atoms with Gasteiger partial charge in [0.25, 0.3) is 0 Å². The first-order chi connectivity index (χ1) is 39.5. The van der Waals surface area contributed by atoms with E-state index < -0.39 is 221 Å². The Kier molecular flexibility index (Phi) is 28.9. The van der Waals surface area contributed by atoms with Crippen LogP contribution < -0.4 is 0 Å². The highest BCUT2D eigenvalue weighted by molar-refractivity contribution is 8.39. The van der Waals surface area contributed by atoms with E-state index in [1.54, 1.807) is 0 Å². The first-order valence-electron chi connectivity index (χ1n) is 39.5. The molecule has 572 valence electrons. The molecule has 0 saturated carbocycles. The van der Waals surface area contributed by atoms with Crippen LogP contribution in [0.5, 0.6) is 0 Å². The quantitative estimate of drug-likeness (QED) is 0.0629. The van der Waals surface area contributed by atoms with Gasteiger partial charge in [0.05, 0.1) is 0 Å². The van der Waals surface area contributed by atoms with Crippen molar-refractivity contribution in [3.63, 3.8) is 0 Å². The standard InChI is InChI=1S/C64H192Si31/c1-65(2,3)90(66(4,5)6,67(7,8)9)80(46,47)83(52,53)93(74(28,29)30,75(31,32)33)86(58,59)89(64,87(60,61)94(76(34,35)36,77(37,38)39)84(54,55)81(48,49)91(68(10,11)12,69(13,14)15)70(16,17)18)88(62,63)95(78(40,41)42,79(43,44)45)85(56,57)82(50,51)92(71(19,20)21,72(22,23)24)73(25,26)27/h1-64H3. The largest absolute Gasteiger partial charge is 0.0753 e. The smallest absolute Gasteiger partial charge is 0.0315 e. The zero-order valence-electron chi connectivity index (χ0n) is 79.5. The summed E-state index contributed by atoms with van der Waals surface area (Å²) in [6, 6.07) is 0. The summed E-state index contributed by atoms with van der Waals surface area (Å²) in [4.78, 5) is 0. The van der Waals surface area contributed by atoms with E-state index in [2.05, 4.69) is 419 Å². The van der Waals surface area contributed by atoms with Crippen LogP contribution in [-0.2, 0) is 0 Å². The average molecular weight is 1830 g/mol. The Balaban J connectivity index is 13.4. The molecule has 0 amide bonds. The van der Waals surface area contributed by atoms with Crippen molar-refractivity contribution in [1.82, 2.24) is 0 Å². The Hall–Kier alpha value is 6.72. The van der Waals surface area contributed by atoms with Gasteiger partial charge in [0, 0.05) is 221 Å². The molecule has 0 fully saturated rings. The molecular formula is C64H192Si31. The molecule has 31 heteroatoms. The van der Waals surface area contributed by atoms with Crippen LogP contribution in [0.1, 0.15) is 0 Å². The third kappa shape index (κ3) is 12.8. The van der Waals surface area contributed by atoms with Crippen molar-refractivity contribution in [3.05, 3.63) is 0 Å². The lowest BCUT2D eigenvalue weighted by Gasteiger charge is -2.84. The van der Waals surface area contributed by atoms with Gasteiger partial charge >= 0.3 is 0 Å². The molecule has 0 radical (unpaired) electrons. The summed E-state index contributed by atoms with van der Waals surface area (Å²) in [5.74, 6) is 0. The monoisotopic (exact) mass is 1830 g/mol. The highest BCUT2D eigenvalue weighted by Gasteiger charge is 2.92. The number of rotatable bonds is 30. The molecule has 0 aromatic carbocycles. The first kappa shape index (κ1) is 102. The zero-order valence-corrected chi connectivity index (χ0v) is 110. The SMILES string of the molecule is C[Si](C)(C)[Si]([Si](C)(C)C)([Si](C)(C)C)[Si](C)(C)[Si](C)(C)[Si]([Si](C)(C)C)([Si](C)(C)C)[Si](C)(C)[Si](C)([Si](C)(C)[Si]([Si](C)(C)C)([Si](C)(C)C)[Si](C)(C)[Si](C)(C)[Si]([Si](C)(C)C)([Si](C)(C)C)[Si](C)(C)C)[Si](C)(C)[Si]([Si](C)(C)C)([Si](C)(C)C)[Si](C)(C)[Si](C)(C)[Si]([Si](C)(C)C)([Si](C)(C)C)[Si](C)(C)C. The van der Waals surface area contributed by atoms with Gasteiger partial charge in [-0.25, -0.2) is 0 Å². The number of hydrogen-bond donors (Lipinski definition) is 0. The fraction of sp³-hybridized carbons (Fsp3) is 1.00. The van der Waals surface area contributed by atoms with Gasteiger partial charge in [0.15, 0.2) is 0 Å². The van der Waals surface area contributed by atoms with E-state index in [1.807, 2.05) is 0 Å². The molecule has 0 rings (SSSR count). The van der Waals surface area contributed by atoms with Crippen molar-refractivity contribution >= 4 is 221 Å². The zero-order chi connectivity index (χ0) is 79.5. The second-order valence-corrected chi connectivity index (χ2v) is 432. The summed E-state index contributed by atoms with van der Waals surface area (Å²) < 4.78 is 0. The fourth-order valence-corrected chi connectivity index (χ4v) is 1860. The summed E-state index contributed by atoms with van der Waals surface area (Å²) in [5.41, 5.74) is 0. The Morgan fingerprint density at radius 2 is 0.137 bits per heavy atom. The van der Waals surface area contributed by atoms with Gasteiger partial charge in [-0.3, -0.25) is 0 Å². The van der Waals surface area contributed by atoms with E-state index in [1.165, 1.54) is 0 Å². The van der Waals surface area contributed by atoms with Crippen LogP contribution in [0.3, 0.4) is 0 Å². The maximum Gasteiger partial charge on any atom is 0.0315 e. The van der Waals surface area contributed by atoms with Gasteiger partial charge in [0.1, 0.15) is 0 Å². The maximum absolute atomic E-state index is 3.85. The van der Waals surface area contributed by atoms with E-state index >= 15 is 0 Å². The third-order valence-electron chi connectivity index (χ3n) is 33.8. The molecule has 0 nitrogen and oxygen atoms in total. The van der Waals surface area contributed by atoms with Crippen LogP contribution in [0.2, 0.25) is 419 Å². The molecule has 95 heavy (non-hydrogen) atoms. The topological polar surface area (TPSA) is 0 Å². The fourth-order valence-electron chi connectivity index (χ4n) is 41.8. The third-order valence-corrected chi connectivity index (χ3v) is 952. The molecule has 0 N–H and O–H groups in total. The maximum atomic E-state index is 3.85. The van der Waals surface area contributed by atoms with Crippen molar-refractivity contribution in [2.24, 2.45) is 0 Å². The minimum Gasteiger partial charge on any atom is -0.0753 e. The molecule has 0 aliphatic rings. The van der Waals surface area contributed by atoms with E-state index in [4.69, 9.17) is 0 Å².